The first-order valence-corrected chi connectivity index (χ1v) is 8.06. The van der Waals surface area contributed by atoms with Crippen LogP contribution in [0.2, 0.25) is 0 Å². The summed E-state index contributed by atoms with van der Waals surface area (Å²) in [5, 5.41) is 4.30. The Bertz CT molecular complexity index is 800. The van der Waals surface area contributed by atoms with Gasteiger partial charge in [0.15, 0.2) is 5.65 Å². The van der Waals surface area contributed by atoms with E-state index in [0.717, 1.165) is 0 Å². The second-order valence-corrected chi connectivity index (χ2v) is 6.39. The van der Waals surface area contributed by atoms with Gasteiger partial charge in [-0.1, -0.05) is 0 Å². The zero-order valence-corrected chi connectivity index (χ0v) is 13.2. The molecule has 138 valence electrons. The van der Waals surface area contributed by atoms with E-state index in [1.165, 1.54) is 10.9 Å². The molecular weight excluding hydrogens is 347 g/mol. The summed E-state index contributed by atoms with van der Waals surface area (Å²) < 4.78 is 64.8. The minimum Gasteiger partial charge on any atom is -0.310 e. The highest BCUT2D eigenvalue weighted by Gasteiger charge is 2.36. The van der Waals surface area contributed by atoms with Crippen molar-refractivity contribution in [3.63, 3.8) is 0 Å². The number of hydrogen-bond acceptors (Lipinski definition) is 3. The molecular formula is C15H17F5N4O. The first-order chi connectivity index (χ1) is 11.6. The fraction of sp³-hybridized carbons (Fsp3) is 0.667. The zero-order valence-electron chi connectivity index (χ0n) is 13.2. The lowest BCUT2D eigenvalue weighted by atomic mass is 9.92. The van der Waals surface area contributed by atoms with Crippen LogP contribution in [-0.4, -0.2) is 31.8 Å². The predicted octanol–water partition coefficient (Wildman–Crippen LogP) is 3.76. The largest absolute Gasteiger partial charge is 0.389 e. The molecule has 2 aromatic heterocycles. The lowest BCUT2D eigenvalue weighted by Gasteiger charge is -2.28. The van der Waals surface area contributed by atoms with Crippen LogP contribution in [0, 0.1) is 0 Å². The molecule has 0 aliphatic heterocycles. The molecule has 1 N–H and O–H groups in total. The van der Waals surface area contributed by atoms with E-state index in [-0.39, 0.29) is 61.4 Å². The summed E-state index contributed by atoms with van der Waals surface area (Å²) in [5.41, 5.74) is -0.250. The molecule has 0 aromatic carbocycles. The normalized spacial score (nSPS) is 18.8. The van der Waals surface area contributed by atoms with Gasteiger partial charge in [-0.3, -0.25) is 4.79 Å². The fourth-order valence-electron chi connectivity index (χ4n) is 3.09. The molecule has 0 saturated heterocycles. The summed E-state index contributed by atoms with van der Waals surface area (Å²) in [4.78, 5) is 18.7. The molecule has 1 saturated carbocycles. The van der Waals surface area contributed by atoms with Gasteiger partial charge in [0.25, 0.3) is 5.56 Å². The Balaban J connectivity index is 1.82. The van der Waals surface area contributed by atoms with Crippen molar-refractivity contribution in [2.75, 3.05) is 0 Å². The Morgan fingerprint density at radius 2 is 1.96 bits per heavy atom. The molecule has 2 aromatic rings. The molecule has 0 atom stereocenters. The van der Waals surface area contributed by atoms with E-state index >= 15 is 0 Å². The number of alkyl halides is 5. The number of halogens is 5. The van der Waals surface area contributed by atoms with Gasteiger partial charge in [0.05, 0.1) is 12.2 Å². The highest BCUT2D eigenvalue weighted by Crippen LogP contribution is 2.38. The number of H-pyrrole nitrogens is 1. The summed E-state index contributed by atoms with van der Waals surface area (Å²) in [6.07, 6.45) is -4.25. The Morgan fingerprint density at radius 1 is 1.28 bits per heavy atom. The predicted molar refractivity (Wildman–Crippen MR) is 79.6 cm³/mol. The van der Waals surface area contributed by atoms with Crippen LogP contribution < -0.4 is 5.56 Å². The number of nitrogens with zero attached hydrogens (tertiary/aromatic N) is 3. The SMILES string of the molecule is O=c1[nH]c(CCCC(F)(F)F)nc2c1cnn2C1CCC(F)(F)CC1. The first kappa shape index (κ1) is 17.8. The van der Waals surface area contributed by atoms with Crippen LogP contribution in [0.4, 0.5) is 22.0 Å². The maximum absolute atomic E-state index is 13.3. The van der Waals surface area contributed by atoms with Gasteiger partial charge in [-0.05, 0) is 19.3 Å². The molecule has 1 aliphatic rings. The Hall–Kier alpha value is -2.00. The van der Waals surface area contributed by atoms with Crippen molar-refractivity contribution >= 4 is 11.0 Å². The summed E-state index contributed by atoms with van der Waals surface area (Å²) in [6.45, 7) is 0. The van der Waals surface area contributed by atoms with Crippen molar-refractivity contribution in [2.45, 2.75) is 63.1 Å². The van der Waals surface area contributed by atoms with Gasteiger partial charge >= 0.3 is 6.18 Å². The van der Waals surface area contributed by atoms with Crippen LogP contribution in [0.25, 0.3) is 11.0 Å². The third-order valence-corrected chi connectivity index (χ3v) is 4.42. The smallest absolute Gasteiger partial charge is 0.310 e. The van der Waals surface area contributed by atoms with E-state index in [2.05, 4.69) is 15.1 Å². The lowest BCUT2D eigenvalue weighted by molar-refractivity contribution is -0.135. The zero-order chi connectivity index (χ0) is 18.2. The average Bonchev–Trinajstić information content (AvgIpc) is 2.90. The van der Waals surface area contributed by atoms with Gasteiger partial charge in [0.1, 0.15) is 11.2 Å². The molecule has 0 amide bonds. The topological polar surface area (TPSA) is 63.6 Å². The van der Waals surface area contributed by atoms with Crippen molar-refractivity contribution in [3.8, 4) is 0 Å². The Labute approximate surface area is 139 Å². The van der Waals surface area contributed by atoms with Crippen LogP contribution >= 0.6 is 0 Å². The highest BCUT2D eigenvalue weighted by molar-refractivity contribution is 5.73. The van der Waals surface area contributed by atoms with Gasteiger partial charge in [-0.2, -0.15) is 18.3 Å². The minimum atomic E-state index is -4.26. The van der Waals surface area contributed by atoms with Crippen LogP contribution in [0.1, 0.15) is 50.4 Å². The first-order valence-electron chi connectivity index (χ1n) is 8.06. The molecule has 0 unspecified atom stereocenters. The second kappa shape index (κ2) is 6.38. The van der Waals surface area contributed by atoms with Crippen molar-refractivity contribution in [3.05, 3.63) is 22.4 Å². The average molecular weight is 364 g/mol. The van der Waals surface area contributed by atoms with E-state index < -0.39 is 24.1 Å². The van der Waals surface area contributed by atoms with E-state index in [1.54, 1.807) is 0 Å². The van der Waals surface area contributed by atoms with Gasteiger partial charge in [-0.15, -0.1) is 0 Å². The molecule has 25 heavy (non-hydrogen) atoms. The minimum absolute atomic E-state index is 0.0292. The van der Waals surface area contributed by atoms with E-state index in [9.17, 15) is 26.7 Å². The van der Waals surface area contributed by atoms with Gasteiger partial charge < -0.3 is 4.98 Å². The molecule has 2 heterocycles. The second-order valence-electron chi connectivity index (χ2n) is 6.39. The van der Waals surface area contributed by atoms with Crippen LogP contribution in [-0.2, 0) is 6.42 Å². The summed E-state index contributed by atoms with van der Waals surface area (Å²) >= 11 is 0. The monoisotopic (exact) mass is 364 g/mol. The van der Waals surface area contributed by atoms with Crippen molar-refractivity contribution in [1.29, 1.82) is 0 Å². The number of fused-ring (bicyclic) bond motifs is 1. The Morgan fingerprint density at radius 3 is 2.60 bits per heavy atom. The molecule has 5 nitrogen and oxygen atoms in total. The summed E-state index contributed by atoms with van der Waals surface area (Å²) in [6, 6.07) is -0.297. The quantitative estimate of drug-likeness (QED) is 0.841. The molecule has 10 heteroatoms. The molecule has 0 radical (unpaired) electrons. The molecule has 0 spiro atoms. The number of aromatic nitrogens is 4. The van der Waals surface area contributed by atoms with E-state index in [0.29, 0.717) is 0 Å². The lowest BCUT2D eigenvalue weighted by Crippen LogP contribution is -2.27. The maximum atomic E-state index is 13.3. The number of rotatable bonds is 4. The number of aryl methyl sites for hydroxylation is 1. The van der Waals surface area contributed by atoms with Crippen molar-refractivity contribution in [1.82, 2.24) is 19.7 Å². The third-order valence-electron chi connectivity index (χ3n) is 4.42. The molecule has 0 bridgehead atoms. The van der Waals surface area contributed by atoms with Crippen LogP contribution in [0.3, 0.4) is 0 Å². The summed E-state index contributed by atoms with van der Waals surface area (Å²) in [7, 11) is 0. The molecule has 1 fully saturated rings. The van der Waals surface area contributed by atoms with Gasteiger partial charge in [0, 0.05) is 25.7 Å². The van der Waals surface area contributed by atoms with E-state index in [1.807, 2.05) is 0 Å². The number of hydrogen-bond donors (Lipinski definition) is 1. The summed E-state index contributed by atoms with van der Waals surface area (Å²) in [5.74, 6) is -2.54. The standard InChI is InChI=1S/C15H17F5N4O/c16-14(17)6-3-9(4-7-14)24-12-10(8-21-24)13(25)23-11(22-12)2-1-5-15(18,19)20/h8-9H,1-7H2,(H,22,23,25). The van der Waals surface area contributed by atoms with Crippen molar-refractivity contribution < 1.29 is 22.0 Å². The fourth-order valence-corrected chi connectivity index (χ4v) is 3.09. The van der Waals surface area contributed by atoms with Gasteiger partial charge in [-0.25, -0.2) is 18.4 Å². The molecule has 1 aliphatic carbocycles. The number of nitrogens with one attached hydrogen (secondary N) is 1. The van der Waals surface area contributed by atoms with Crippen molar-refractivity contribution in [2.24, 2.45) is 0 Å². The van der Waals surface area contributed by atoms with Gasteiger partial charge in [0.2, 0.25) is 5.92 Å². The van der Waals surface area contributed by atoms with Crippen LogP contribution in [0.5, 0.6) is 0 Å². The van der Waals surface area contributed by atoms with Crippen LogP contribution in [0.15, 0.2) is 11.0 Å². The van der Waals surface area contributed by atoms with E-state index in [4.69, 9.17) is 0 Å². The highest BCUT2D eigenvalue weighted by atomic mass is 19.4. The Kier molecular flexibility index (Phi) is 4.54. The molecule has 3 rings (SSSR count). The maximum Gasteiger partial charge on any atom is 0.389 e. The number of aromatic amines is 1. The third kappa shape index (κ3) is 4.16.